The average Bonchev–Trinajstić information content (AvgIpc) is 2.56. The van der Waals surface area contributed by atoms with Crippen molar-refractivity contribution in [1.29, 1.82) is 0 Å². The van der Waals surface area contributed by atoms with Gasteiger partial charge in [0.2, 0.25) is 0 Å². The molecular weight excluding hydrogens is 181 g/mol. The summed E-state index contributed by atoms with van der Waals surface area (Å²) in [6.07, 6.45) is 2.62. The molecule has 82 valence electrons. The number of nitrogens with zero attached hydrogens (tertiary/aromatic N) is 1. The van der Waals surface area contributed by atoms with E-state index in [2.05, 4.69) is 4.90 Å². The maximum atomic E-state index is 13.3. The molecular formula is C11H20FNO. The number of fused-ring (bicyclic) bond motifs is 1. The fourth-order valence-electron chi connectivity index (χ4n) is 2.77. The monoisotopic (exact) mass is 201 g/mol. The zero-order valence-electron chi connectivity index (χ0n) is 9.13. The molecule has 0 aromatic rings. The van der Waals surface area contributed by atoms with E-state index in [1.807, 2.05) is 13.8 Å². The lowest BCUT2D eigenvalue weighted by molar-refractivity contribution is 0.00276. The van der Waals surface area contributed by atoms with Crippen LogP contribution >= 0.6 is 0 Å². The third-order valence-electron chi connectivity index (χ3n) is 3.45. The quantitative estimate of drug-likeness (QED) is 0.692. The van der Waals surface area contributed by atoms with Gasteiger partial charge in [-0.3, -0.25) is 4.90 Å². The number of hydrogen-bond acceptors (Lipinski definition) is 2. The van der Waals surface area contributed by atoms with Crippen LogP contribution < -0.4 is 0 Å². The summed E-state index contributed by atoms with van der Waals surface area (Å²) in [6, 6.07) is 0. The molecule has 0 unspecified atom stereocenters. The Hall–Kier alpha value is -0.150. The summed E-state index contributed by atoms with van der Waals surface area (Å²) in [7, 11) is 0. The highest BCUT2D eigenvalue weighted by atomic mass is 19.1. The van der Waals surface area contributed by atoms with Crippen molar-refractivity contribution < 1.29 is 9.13 Å². The number of rotatable bonds is 3. The Morgan fingerprint density at radius 2 is 2.36 bits per heavy atom. The van der Waals surface area contributed by atoms with Crippen molar-refractivity contribution in [1.82, 2.24) is 4.90 Å². The van der Waals surface area contributed by atoms with E-state index in [0.29, 0.717) is 19.6 Å². The van der Waals surface area contributed by atoms with Gasteiger partial charge in [0.1, 0.15) is 6.17 Å². The first-order chi connectivity index (χ1) is 6.62. The van der Waals surface area contributed by atoms with Gasteiger partial charge in [-0.15, -0.1) is 0 Å². The lowest BCUT2D eigenvalue weighted by Gasteiger charge is -2.32. The number of alkyl halides is 1. The first-order valence-electron chi connectivity index (χ1n) is 5.63. The average molecular weight is 201 g/mol. The topological polar surface area (TPSA) is 12.5 Å². The molecule has 2 nitrogen and oxygen atoms in total. The van der Waals surface area contributed by atoms with Gasteiger partial charge in [0.05, 0.1) is 12.7 Å². The highest BCUT2D eigenvalue weighted by molar-refractivity contribution is 5.03. The standard InChI is InChI=1S/C11H20FNO/c1-9(2)14-8-11-4-3-5-13(11)7-10(12)6-11/h9-10H,3-8H2,1-2H3/t10-,11+/m0/s1. The van der Waals surface area contributed by atoms with Crippen molar-refractivity contribution >= 4 is 0 Å². The Morgan fingerprint density at radius 1 is 1.57 bits per heavy atom. The summed E-state index contributed by atoms with van der Waals surface area (Å²) in [5.74, 6) is 0. The second kappa shape index (κ2) is 3.78. The zero-order valence-corrected chi connectivity index (χ0v) is 9.13. The number of ether oxygens (including phenoxy) is 1. The summed E-state index contributed by atoms with van der Waals surface area (Å²) in [4.78, 5) is 2.29. The van der Waals surface area contributed by atoms with Gasteiger partial charge in [0, 0.05) is 18.5 Å². The van der Waals surface area contributed by atoms with E-state index in [4.69, 9.17) is 4.74 Å². The van der Waals surface area contributed by atoms with E-state index in [1.54, 1.807) is 0 Å². The van der Waals surface area contributed by atoms with Crippen LogP contribution in [0.25, 0.3) is 0 Å². The molecule has 0 saturated carbocycles. The molecule has 2 fully saturated rings. The first-order valence-corrected chi connectivity index (χ1v) is 5.63. The maximum absolute atomic E-state index is 13.3. The van der Waals surface area contributed by atoms with Crippen molar-refractivity contribution in [3.05, 3.63) is 0 Å². The third-order valence-corrected chi connectivity index (χ3v) is 3.45. The summed E-state index contributed by atoms with van der Waals surface area (Å²) in [5, 5.41) is 0. The summed E-state index contributed by atoms with van der Waals surface area (Å²) < 4.78 is 19.0. The summed E-state index contributed by atoms with van der Waals surface area (Å²) in [5.41, 5.74) is 0.0453. The number of halogens is 1. The van der Waals surface area contributed by atoms with Crippen molar-refractivity contribution in [2.75, 3.05) is 19.7 Å². The van der Waals surface area contributed by atoms with E-state index >= 15 is 0 Å². The molecule has 2 saturated heterocycles. The SMILES string of the molecule is CC(C)OC[C@]12CCCN1C[C@@H](F)C2. The van der Waals surface area contributed by atoms with Crippen LogP contribution in [-0.4, -0.2) is 42.4 Å². The van der Waals surface area contributed by atoms with Gasteiger partial charge in [-0.2, -0.15) is 0 Å². The Balaban J connectivity index is 1.98. The molecule has 0 amide bonds. The summed E-state index contributed by atoms with van der Waals surface area (Å²) in [6.45, 7) is 6.48. The Labute approximate surface area is 85.4 Å². The van der Waals surface area contributed by atoms with Gasteiger partial charge >= 0.3 is 0 Å². The minimum absolute atomic E-state index is 0.0453. The van der Waals surface area contributed by atoms with Crippen LogP contribution in [0.15, 0.2) is 0 Å². The van der Waals surface area contributed by atoms with Gasteiger partial charge in [0.15, 0.2) is 0 Å². The van der Waals surface area contributed by atoms with Crippen LogP contribution in [0, 0.1) is 0 Å². The van der Waals surface area contributed by atoms with Crippen molar-refractivity contribution in [2.24, 2.45) is 0 Å². The zero-order chi connectivity index (χ0) is 10.2. The molecule has 0 spiro atoms. The van der Waals surface area contributed by atoms with Crippen LogP contribution in [0.1, 0.15) is 33.1 Å². The fourth-order valence-corrected chi connectivity index (χ4v) is 2.77. The Bertz CT molecular complexity index is 209. The molecule has 14 heavy (non-hydrogen) atoms. The molecule has 0 N–H and O–H groups in total. The molecule has 2 rings (SSSR count). The predicted octanol–water partition coefficient (Wildman–Crippen LogP) is 1.99. The molecule has 0 aromatic heterocycles. The molecule has 2 aliphatic heterocycles. The van der Waals surface area contributed by atoms with Crippen LogP contribution in [0.2, 0.25) is 0 Å². The van der Waals surface area contributed by atoms with E-state index < -0.39 is 6.17 Å². The normalized spacial score (nSPS) is 38.1. The lowest BCUT2D eigenvalue weighted by Crippen LogP contribution is -2.43. The van der Waals surface area contributed by atoms with Gasteiger partial charge in [-0.1, -0.05) is 0 Å². The highest BCUT2D eigenvalue weighted by Gasteiger charge is 2.48. The van der Waals surface area contributed by atoms with Gasteiger partial charge in [-0.25, -0.2) is 4.39 Å². The molecule has 0 radical (unpaired) electrons. The van der Waals surface area contributed by atoms with Crippen LogP contribution in [0.4, 0.5) is 4.39 Å². The largest absolute Gasteiger partial charge is 0.377 e. The lowest BCUT2D eigenvalue weighted by atomic mass is 9.95. The molecule has 3 heteroatoms. The van der Waals surface area contributed by atoms with Crippen molar-refractivity contribution in [3.8, 4) is 0 Å². The molecule has 2 atom stereocenters. The highest BCUT2D eigenvalue weighted by Crippen LogP contribution is 2.40. The van der Waals surface area contributed by atoms with Crippen LogP contribution in [-0.2, 0) is 4.74 Å². The Morgan fingerprint density at radius 3 is 3.07 bits per heavy atom. The molecule has 2 aliphatic rings. The molecule has 0 aromatic carbocycles. The minimum Gasteiger partial charge on any atom is -0.377 e. The predicted molar refractivity (Wildman–Crippen MR) is 54.1 cm³/mol. The first kappa shape index (κ1) is 10.4. The van der Waals surface area contributed by atoms with E-state index in [1.165, 1.54) is 6.42 Å². The van der Waals surface area contributed by atoms with E-state index in [0.717, 1.165) is 13.0 Å². The van der Waals surface area contributed by atoms with Crippen molar-refractivity contribution in [2.45, 2.75) is 50.9 Å². The van der Waals surface area contributed by atoms with Gasteiger partial charge in [-0.05, 0) is 33.2 Å². The van der Waals surface area contributed by atoms with E-state index in [-0.39, 0.29) is 11.6 Å². The van der Waals surface area contributed by atoms with Gasteiger partial charge in [0.25, 0.3) is 0 Å². The van der Waals surface area contributed by atoms with Crippen LogP contribution in [0.5, 0.6) is 0 Å². The van der Waals surface area contributed by atoms with E-state index in [9.17, 15) is 4.39 Å². The summed E-state index contributed by atoms with van der Waals surface area (Å²) >= 11 is 0. The second-order valence-electron chi connectivity index (χ2n) is 4.94. The molecule has 2 heterocycles. The van der Waals surface area contributed by atoms with Crippen LogP contribution in [0.3, 0.4) is 0 Å². The number of hydrogen-bond donors (Lipinski definition) is 0. The maximum Gasteiger partial charge on any atom is 0.115 e. The smallest absolute Gasteiger partial charge is 0.115 e. The second-order valence-corrected chi connectivity index (χ2v) is 4.94. The Kier molecular flexibility index (Phi) is 2.80. The van der Waals surface area contributed by atoms with Crippen molar-refractivity contribution in [3.63, 3.8) is 0 Å². The minimum atomic E-state index is -0.633. The fraction of sp³-hybridized carbons (Fsp3) is 1.00. The molecule has 0 bridgehead atoms. The third kappa shape index (κ3) is 1.80. The molecule has 0 aliphatic carbocycles. The van der Waals surface area contributed by atoms with Gasteiger partial charge < -0.3 is 4.74 Å².